The van der Waals surface area contributed by atoms with Crippen molar-refractivity contribution in [1.82, 2.24) is 0 Å². The molecule has 1 aromatic heterocycles. The summed E-state index contributed by atoms with van der Waals surface area (Å²) in [6.07, 6.45) is 0. The van der Waals surface area contributed by atoms with E-state index in [1.54, 1.807) is 0 Å². The fourth-order valence-electron chi connectivity index (χ4n) is 1.46. The SMILES string of the molecule is Cc1ccc(CNc2ccc(I)cc2N)s1. The van der Waals surface area contributed by atoms with Crippen LogP contribution in [-0.2, 0) is 6.54 Å². The first-order valence-electron chi connectivity index (χ1n) is 4.99. The van der Waals surface area contributed by atoms with Crippen LogP contribution in [0, 0.1) is 10.5 Å². The topological polar surface area (TPSA) is 38.0 Å². The van der Waals surface area contributed by atoms with Gasteiger partial charge in [0, 0.05) is 19.9 Å². The first-order chi connectivity index (χ1) is 7.65. The third-order valence-corrected chi connectivity index (χ3v) is 3.93. The first-order valence-corrected chi connectivity index (χ1v) is 6.89. The molecule has 0 saturated heterocycles. The molecule has 0 atom stereocenters. The number of aryl methyl sites for hydroxylation is 1. The van der Waals surface area contributed by atoms with Gasteiger partial charge in [0.25, 0.3) is 0 Å². The van der Waals surface area contributed by atoms with Crippen molar-refractivity contribution < 1.29 is 0 Å². The van der Waals surface area contributed by atoms with E-state index < -0.39 is 0 Å². The normalized spacial score (nSPS) is 10.4. The second-order valence-corrected chi connectivity index (χ2v) is 6.22. The number of hydrogen-bond donors (Lipinski definition) is 2. The number of benzene rings is 1. The molecule has 1 heterocycles. The monoisotopic (exact) mass is 344 g/mol. The van der Waals surface area contributed by atoms with Gasteiger partial charge in [-0.25, -0.2) is 0 Å². The van der Waals surface area contributed by atoms with E-state index in [1.165, 1.54) is 9.75 Å². The summed E-state index contributed by atoms with van der Waals surface area (Å²) in [5.74, 6) is 0. The standard InChI is InChI=1S/C12H13IN2S/c1-8-2-4-10(16-8)7-15-12-5-3-9(13)6-11(12)14/h2-6,15H,7,14H2,1H3. The minimum absolute atomic E-state index is 0.806. The molecule has 2 nitrogen and oxygen atoms in total. The van der Waals surface area contributed by atoms with Gasteiger partial charge in [0.15, 0.2) is 0 Å². The van der Waals surface area contributed by atoms with E-state index in [4.69, 9.17) is 5.73 Å². The van der Waals surface area contributed by atoms with Gasteiger partial charge in [-0.2, -0.15) is 0 Å². The van der Waals surface area contributed by atoms with Crippen molar-refractivity contribution in [2.75, 3.05) is 11.1 Å². The maximum atomic E-state index is 5.93. The predicted molar refractivity (Wildman–Crippen MR) is 80.0 cm³/mol. The molecule has 3 N–H and O–H groups in total. The summed E-state index contributed by atoms with van der Waals surface area (Å²) in [5.41, 5.74) is 7.74. The third kappa shape index (κ3) is 2.89. The van der Waals surface area contributed by atoms with Crippen LogP contribution in [-0.4, -0.2) is 0 Å². The Morgan fingerprint density at radius 1 is 1.31 bits per heavy atom. The summed E-state index contributed by atoms with van der Waals surface area (Å²) in [6.45, 7) is 2.96. The van der Waals surface area contributed by atoms with Crippen LogP contribution in [0.1, 0.15) is 9.75 Å². The van der Waals surface area contributed by atoms with E-state index in [0.717, 1.165) is 21.5 Å². The number of thiophene rings is 1. The van der Waals surface area contributed by atoms with Crippen LogP contribution in [0.25, 0.3) is 0 Å². The van der Waals surface area contributed by atoms with Crippen molar-refractivity contribution in [3.05, 3.63) is 43.7 Å². The molecule has 16 heavy (non-hydrogen) atoms. The second-order valence-electron chi connectivity index (χ2n) is 3.60. The maximum Gasteiger partial charge on any atom is 0.0577 e. The predicted octanol–water partition coefficient (Wildman–Crippen LogP) is 3.86. The lowest BCUT2D eigenvalue weighted by atomic mass is 10.2. The van der Waals surface area contributed by atoms with Crippen LogP contribution in [0.4, 0.5) is 11.4 Å². The molecule has 0 fully saturated rings. The summed E-state index contributed by atoms with van der Waals surface area (Å²) in [4.78, 5) is 2.67. The molecule has 0 radical (unpaired) electrons. The zero-order valence-corrected chi connectivity index (χ0v) is 11.9. The molecule has 0 spiro atoms. The number of anilines is 2. The molecular weight excluding hydrogens is 331 g/mol. The number of nitrogens with one attached hydrogen (secondary N) is 1. The van der Waals surface area contributed by atoms with Crippen LogP contribution in [0.15, 0.2) is 30.3 Å². The minimum Gasteiger partial charge on any atom is -0.397 e. The van der Waals surface area contributed by atoms with Gasteiger partial charge in [0.05, 0.1) is 11.4 Å². The summed E-state index contributed by atoms with van der Waals surface area (Å²) < 4.78 is 1.16. The van der Waals surface area contributed by atoms with Gasteiger partial charge in [0.1, 0.15) is 0 Å². The van der Waals surface area contributed by atoms with Crippen molar-refractivity contribution in [2.24, 2.45) is 0 Å². The molecule has 2 aromatic rings. The smallest absolute Gasteiger partial charge is 0.0577 e. The average molecular weight is 344 g/mol. The Hall–Kier alpha value is -0.750. The molecule has 0 unspecified atom stereocenters. The fraction of sp³-hybridized carbons (Fsp3) is 0.167. The average Bonchev–Trinajstić information content (AvgIpc) is 2.63. The van der Waals surface area contributed by atoms with Crippen LogP contribution in [0.2, 0.25) is 0 Å². The zero-order chi connectivity index (χ0) is 11.5. The molecule has 0 aliphatic rings. The highest BCUT2D eigenvalue weighted by Gasteiger charge is 2.00. The minimum atomic E-state index is 0.806. The fourth-order valence-corrected chi connectivity index (χ4v) is 2.80. The molecule has 0 bridgehead atoms. The highest BCUT2D eigenvalue weighted by Crippen LogP contribution is 2.23. The Morgan fingerprint density at radius 2 is 2.12 bits per heavy atom. The van der Waals surface area contributed by atoms with Crippen LogP contribution >= 0.6 is 33.9 Å². The summed E-state index contributed by atoms with van der Waals surface area (Å²) in [7, 11) is 0. The molecule has 2 rings (SSSR count). The number of nitrogens with two attached hydrogens (primary N) is 1. The van der Waals surface area contributed by atoms with E-state index in [9.17, 15) is 0 Å². The Kier molecular flexibility index (Phi) is 3.70. The van der Waals surface area contributed by atoms with Gasteiger partial charge in [0.2, 0.25) is 0 Å². The molecule has 1 aromatic carbocycles. The van der Waals surface area contributed by atoms with E-state index >= 15 is 0 Å². The number of hydrogen-bond acceptors (Lipinski definition) is 3. The number of rotatable bonds is 3. The number of halogens is 1. The lowest BCUT2D eigenvalue weighted by Crippen LogP contribution is -2.01. The summed E-state index contributed by atoms with van der Waals surface area (Å²) in [6, 6.07) is 10.3. The van der Waals surface area contributed by atoms with E-state index in [0.29, 0.717) is 0 Å². The lowest BCUT2D eigenvalue weighted by molar-refractivity contribution is 1.19. The van der Waals surface area contributed by atoms with Crippen LogP contribution in [0.5, 0.6) is 0 Å². The van der Waals surface area contributed by atoms with E-state index in [-0.39, 0.29) is 0 Å². The van der Waals surface area contributed by atoms with E-state index in [1.807, 2.05) is 23.5 Å². The Bertz CT molecular complexity index is 494. The zero-order valence-electron chi connectivity index (χ0n) is 8.96. The molecule has 0 saturated carbocycles. The van der Waals surface area contributed by atoms with Gasteiger partial charge in [-0.3, -0.25) is 0 Å². The largest absolute Gasteiger partial charge is 0.397 e. The second kappa shape index (κ2) is 5.05. The van der Waals surface area contributed by atoms with Crippen molar-refractivity contribution in [3.63, 3.8) is 0 Å². The molecule has 0 amide bonds. The Labute approximate surface area is 113 Å². The summed E-state index contributed by atoms with van der Waals surface area (Å²) in [5, 5.41) is 3.35. The molecular formula is C12H13IN2S. The van der Waals surface area contributed by atoms with Crippen LogP contribution < -0.4 is 11.1 Å². The van der Waals surface area contributed by atoms with Gasteiger partial charge < -0.3 is 11.1 Å². The van der Waals surface area contributed by atoms with Gasteiger partial charge >= 0.3 is 0 Å². The van der Waals surface area contributed by atoms with Gasteiger partial charge in [-0.15, -0.1) is 11.3 Å². The number of nitrogen functional groups attached to an aromatic ring is 1. The Balaban J connectivity index is 2.04. The first kappa shape index (κ1) is 11.7. The summed E-state index contributed by atoms with van der Waals surface area (Å²) >= 11 is 4.07. The molecule has 4 heteroatoms. The molecule has 84 valence electrons. The van der Waals surface area contributed by atoms with Crippen molar-refractivity contribution in [2.45, 2.75) is 13.5 Å². The van der Waals surface area contributed by atoms with Crippen LogP contribution in [0.3, 0.4) is 0 Å². The lowest BCUT2D eigenvalue weighted by Gasteiger charge is -2.08. The molecule has 0 aliphatic heterocycles. The highest BCUT2D eigenvalue weighted by molar-refractivity contribution is 14.1. The van der Waals surface area contributed by atoms with E-state index in [2.05, 4.69) is 53.0 Å². The third-order valence-electron chi connectivity index (χ3n) is 2.26. The quantitative estimate of drug-likeness (QED) is 0.656. The van der Waals surface area contributed by atoms with Crippen molar-refractivity contribution in [3.8, 4) is 0 Å². The van der Waals surface area contributed by atoms with Crippen molar-refractivity contribution in [1.29, 1.82) is 0 Å². The van der Waals surface area contributed by atoms with Gasteiger partial charge in [-0.05, 0) is 59.8 Å². The maximum absolute atomic E-state index is 5.93. The highest BCUT2D eigenvalue weighted by atomic mass is 127. The Morgan fingerprint density at radius 3 is 2.75 bits per heavy atom. The van der Waals surface area contributed by atoms with Gasteiger partial charge in [-0.1, -0.05) is 0 Å². The molecule has 0 aliphatic carbocycles. The van der Waals surface area contributed by atoms with Crippen molar-refractivity contribution >= 4 is 45.3 Å².